The van der Waals surface area contributed by atoms with E-state index in [1.165, 1.54) is 0 Å². The van der Waals surface area contributed by atoms with Gasteiger partial charge in [0.2, 0.25) is 8.53 Å². The average molecular weight is 629 g/mol. The molecule has 226 valence electrons. The van der Waals surface area contributed by atoms with Crippen molar-refractivity contribution in [3.8, 4) is 23.7 Å². The van der Waals surface area contributed by atoms with Gasteiger partial charge in [-0.3, -0.25) is 9.80 Å². The highest BCUT2D eigenvalue weighted by Gasteiger charge is 2.43. The minimum atomic E-state index is -0.875. The lowest BCUT2D eigenvalue weighted by Gasteiger charge is -2.37. The first-order chi connectivity index (χ1) is 19.4. The number of nitrogens with zero attached hydrogens (tertiary/aromatic N) is 2. The van der Waals surface area contributed by atoms with Crippen LogP contribution in [-0.4, -0.2) is 92.5 Å². The highest BCUT2D eigenvalue weighted by Crippen LogP contribution is 2.48. The largest absolute Gasteiger partial charge is 0.430 e. The summed E-state index contributed by atoms with van der Waals surface area (Å²) in [6.45, 7) is 14.1. The number of rotatable bonds is 14. The number of carbonyl (C=O) groups is 2. The molecule has 2 saturated heterocycles. The molecule has 0 saturated carbocycles. The zero-order valence-electron chi connectivity index (χ0n) is 24.9. The van der Waals surface area contributed by atoms with E-state index in [1.54, 1.807) is 47.0 Å². The Labute approximate surface area is 260 Å². The van der Waals surface area contributed by atoms with Crippen LogP contribution in [0.5, 0.6) is 0 Å². The van der Waals surface area contributed by atoms with Gasteiger partial charge in [-0.2, -0.15) is 0 Å². The van der Waals surface area contributed by atoms with Gasteiger partial charge in [0, 0.05) is 25.7 Å². The van der Waals surface area contributed by atoms with Crippen molar-refractivity contribution in [3.05, 3.63) is 0 Å². The minimum Gasteiger partial charge on any atom is -0.430 e. The topological polar surface area (TPSA) is 59.1 Å². The monoisotopic (exact) mass is 628 g/mol. The molecule has 2 aliphatic rings. The maximum atomic E-state index is 13.0. The summed E-state index contributed by atoms with van der Waals surface area (Å²) in [5, 5.41) is 0. The van der Waals surface area contributed by atoms with Crippen LogP contribution in [0.2, 0.25) is 0 Å². The Kier molecular flexibility index (Phi) is 18.1. The Balaban J connectivity index is 1.90. The summed E-state index contributed by atoms with van der Waals surface area (Å²) in [5.74, 6) is 14.9. The molecule has 0 atom stereocenters. The summed E-state index contributed by atoms with van der Waals surface area (Å²) >= 11 is 6.52. The van der Waals surface area contributed by atoms with E-state index in [1.807, 2.05) is 0 Å². The van der Waals surface area contributed by atoms with E-state index < -0.39 is 20.5 Å². The van der Waals surface area contributed by atoms with Crippen molar-refractivity contribution in [1.82, 2.24) is 9.80 Å². The molecule has 0 aromatic heterocycles. The molecule has 0 N–H and O–H groups in total. The van der Waals surface area contributed by atoms with Gasteiger partial charge in [-0.1, -0.05) is 39.5 Å². The fourth-order valence-electron chi connectivity index (χ4n) is 4.18. The van der Waals surface area contributed by atoms with E-state index >= 15 is 0 Å². The SMILES string of the molecule is CCN(CC)CC#CCCCC1(OC(=O)C(=O)OC2(CCCC#CCN(CC)CC)SCCCS2)SCCCS1. The molecule has 2 fully saturated rings. The Morgan fingerprint density at radius 3 is 1.30 bits per heavy atom. The van der Waals surface area contributed by atoms with Crippen molar-refractivity contribution in [2.45, 2.75) is 87.6 Å². The Bertz CT molecular complexity index is 804. The Hall–Kier alpha value is -0.620. The Morgan fingerprint density at radius 1 is 0.625 bits per heavy atom. The molecule has 6 nitrogen and oxygen atoms in total. The maximum absolute atomic E-state index is 13.0. The molecule has 0 amide bonds. The maximum Gasteiger partial charge on any atom is 0.419 e. The van der Waals surface area contributed by atoms with Crippen molar-refractivity contribution in [3.63, 3.8) is 0 Å². The smallest absolute Gasteiger partial charge is 0.419 e. The number of hydrogen-bond donors (Lipinski definition) is 0. The van der Waals surface area contributed by atoms with E-state index in [4.69, 9.17) is 9.47 Å². The molecule has 2 rings (SSSR count). The van der Waals surface area contributed by atoms with Gasteiger partial charge in [0.1, 0.15) is 0 Å². The van der Waals surface area contributed by atoms with Crippen molar-refractivity contribution in [2.75, 3.05) is 62.3 Å². The van der Waals surface area contributed by atoms with Crippen LogP contribution in [-0.2, 0) is 19.1 Å². The number of carbonyl (C=O) groups excluding carboxylic acids is 2. The van der Waals surface area contributed by atoms with Crippen LogP contribution < -0.4 is 0 Å². The highest BCUT2D eigenvalue weighted by molar-refractivity contribution is 8.19. The van der Waals surface area contributed by atoms with E-state index in [0.29, 0.717) is 12.8 Å². The lowest BCUT2D eigenvalue weighted by atomic mass is 10.2. The molecule has 0 bridgehead atoms. The first-order valence-electron chi connectivity index (χ1n) is 14.8. The lowest BCUT2D eigenvalue weighted by Crippen LogP contribution is -2.39. The van der Waals surface area contributed by atoms with Gasteiger partial charge < -0.3 is 9.47 Å². The number of hydrogen-bond acceptors (Lipinski definition) is 10. The van der Waals surface area contributed by atoms with Gasteiger partial charge in [0.05, 0.1) is 13.1 Å². The van der Waals surface area contributed by atoms with Crippen LogP contribution in [0.25, 0.3) is 0 Å². The predicted molar refractivity (Wildman–Crippen MR) is 176 cm³/mol. The summed E-state index contributed by atoms with van der Waals surface area (Å²) in [7, 11) is 0. The lowest BCUT2D eigenvalue weighted by molar-refractivity contribution is -0.171. The van der Waals surface area contributed by atoms with Gasteiger partial charge >= 0.3 is 11.9 Å². The van der Waals surface area contributed by atoms with Crippen molar-refractivity contribution in [2.24, 2.45) is 0 Å². The molecule has 2 aliphatic heterocycles. The second-order valence-electron chi connectivity index (χ2n) is 9.58. The standard InChI is InChI=1S/C30H48N2O4S4/c1-5-31(6-2)21-15-11-9-13-19-29(37-23-17-24-38-29)35-27(33)28(34)36-30(39-25-18-26-40-30)20-14-10-12-16-22-32(7-3)8-4/h5-10,13-14,17-26H2,1-4H3. The number of thioether (sulfide) groups is 4. The van der Waals surface area contributed by atoms with Gasteiger partial charge in [0.15, 0.2) is 0 Å². The fourth-order valence-corrected chi connectivity index (χ4v) is 10.3. The van der Waals surface area contributed by atoms with Crippen LogP contribution in [0.3, 0.4) is 0 Å². The van der Waals surface area contributed by atoms with E-state index in [2.05, 4.69) is 61.2 Å². The number of esters is 2. The van der Waals surface area contributed by atoms with Crippen LogP contribution in [0, 0.1) is 23.7 Å². The molecule has 0 aromatic carbocycles. The van der Waals surface area contributed by atoms with Crippen LogP contribution in [0.4, 0.5) is 0 Å². The molecule has 0 spiro atoms. The fraction of sp³-hybridized carbons (Fsp3) is 0.800. The van der Waals surface area contributed by atoms with Gasteiger partial charge in [-0.25, -0.2) is 9.59 Å². The second-order valence-corrected chi connectivity index (χ2v) is 15.5. The summed E-state index contributed by atoms with van der Waals surface area (Å²) in [6.07, 6.45) is 6.61. The molecule has 2 heterocycles. The quantitative estimate of drug-likeness (QED) is 0.0969. The van der Waals surface area contributed by atoms with Crippen molar-refractivity contribution >= 4 is 59.0 Å². The molecule has 0 aromatic rings. The van der Waals surface area contributed by atoms with Crippen LogP contribution in [0.1, 0.15) is 79.1 Å². The van der Waals surface area contributed by atoms with E-state index in [-0.39, 0.29) is 0 Å². The summed E-state index contributed by atoms with van der Waals surface area (Å²) in [5.41, 5.74) is 0. The average Bonchev–Trinajstić information content (AvgIpc) is 2.97. The van der Waals surface area contributed by atoms with E-state index in [9.17, 15) is 9.59 Å². The number of ether oxygens (including phenoxy) is 2. The van der Waals surface area contributed by atoms with Crippen LogP contribution in [0.15, 0.2) is 0 Å². The van der Waals surface area contributed by atoms with Gasteiger partial charge in [-0.05, 0) is 74.9 Å². The van der Waals surface area contributed by atoms with Crippen molar-refractivity contribution in [1.29, 1.82) is 0 Å². The molecule has 40 heavy (non-hydrogen) atoms. The van der Waals surface area contributed by atoms with Gasteiger partial charge in [0.25, 0.3) is 0 Å². The first kappa shape index (κ1) is 35.6. The van der Waals surface area contributed by atoms with Gasteiger partial charge in [-0.15, -0.1) is 58.9 Å². The normalized spacial score (nSPS) is 17.9. The molecule has 0 unspecified atom stereocenters. The number of unbranched alkanes of at least 4 members (excludes halogenated alkanes) is 2. The van der Waals surface area contributed by atoms with Crippen molar-refractivity contribution < 1.29 is 19.1 Å². The molecule has 10 heteroatoms. The third kappa shape index (κ3) is 13.1. The zero-order valence-corrected chi connectivity index (χ0v) is 28.2. The second kappa shape index (κ2) is 20.3. The molecular weight excluding hydrogens is 581 g/mol. The summed E-state index contributed by atoms with van der Waals surface area (Å²) in [4.78, 5) is 30.7. The molecular formula is C30H48N2O4S4. The third-order valence-electron chi connectivity index (χ3n) is 6.74. The van der Waals surface area contributed by atoms with Crippen LogP contribution >= 0.6 is 47.0 Å². The minimum absolute atomic E-state index is 0.669. The predicted octanol–water partition coefficient (Wildman–Crippen LogP) is 6.15. The first-order valence-corrected chi connectivity index (χ1v) is 18.7. The highest BCUT2D eigenvalue weighted by atomic mass is 32.2. The summed E-state index contributed by atoms with van der Waals surface area (Å²) in [6, 6.07) is 0. The Morgan fingerprint density at radius 2 is 0.975 bits per heavy atom. The summed E-state index contributed by atoms with van der Waals surface area (Å²) < 4.78 is 10.4. The third-order valence-corrected chi connectivity index (χ3v) is 13.0. The van der Waals surface area contributed by atoms with E-state index in [0.717, 1.165) is 101 Å². The zero-order chi connectivity index (χ0) is 29.1. The molecule has 0 radical (unpaired) electrons. The molecule has 0 aliphatic carbocycles.